The van der Waals surface area contributed by atoms with E-state index in [-0.39, 0.29) is 0 Å². The second-order valence-corrected chi connectivity index (χ2v) is 9.37. The van der Waals surface area contributed by atoms with Crippen molar-refractivity contribution in [2.75, 3.05) is 24.7 Å². The third kappa shape index (κ3) is 4.95. The number of anilines is 1. The third-order valence-electron chi connectivity index (χ3n) is 6.15. The van der Waals surface area contributed by atoms with Crippen LogP contribution in [0.2, 0.25) is 0 Å². The summed E-state index contributed by atoms with van der Waals surface area (Å²) in [5, 5.41) is 12.8. The largest absolute Gasteiger partial charge is 0.481 e. The van der Waals surface area contributed by atoms with E-state index in [1.807, 2.05) is 30.6 Å². The zero-order chi connectivity index (χ0) is 21.8. The fourth-order valence-corrected chi connectivity index (χ4v) is 5.14. The number of hydrogen-bond acceptors (Lipinski definition) is 9. The smallest absolute Gasteiger partial charge is 0.213 e. The van der Waals surface area contributed by atoms with Crippen molar-refractivity contribution in [3.8, 4) is 5.88 Å². The van der Waals surface area contributed by atoms with Crippen molar-refractivity contribution in [3.63, 3.8) is 0 Å². The number of nitrogens with zero attached hydrogens (tertiary/aromatic N) is 4. The second-order valence-electron chi connectivity index (χ2n) is 8.28. The summed E-state index contributed by atoms with van der Waals surface area (Å²) in [6, 6.07) is 6.93. The summed E-state index contributed by atoms with van der Waals surface area (Å²) in [6.07, 6.45) is 8.35. The maximum atomic E-state index is 5.29. The van der Waals surface area contributed by atoms with Gasteiger partial charge < -0.3 is 20.7 Å². The minimum atomic E-state index is 0.500. The second kappa shape index (κ2) is 9.97. The molecule has 0 spiro atoms. The summed E-state index contributed by atoms with van der Waals surface area (Å²) >= 11 is 1.77. The average Bonchev–Trinajstić information content (AvgIpc) is 2.86. The van der Waals surface area contributed by atoms with E-state index in [2.05, 4.69) is 30.9 Å². The van der Waals surface area contributed by atoms with E-state index in [4.69, 9.17) is 9.72 Å². The van der Waals surface area contributed by atoms with Gasteiger partial charge in [0.1, 0.15) is 5.03 Å². The van der Waals surface area contributed by atoms with E-state index in [1.54, 1.807) is 18.9 Å². The maximum Gasteiger partial charge on any atom is 0.213 e. The predicted octanol–water partition coefficient (Wildman–Crippen LogP) is 3.14. The Morgan fingerprint density at radius 2 is 1.84 bits per heavy atom. The molecule has 0 amide bonds. The lowest BCUT2D eigenvalue weighted by molar-refractivity contribution is 0.304. The Bertz CT molecular complexity index is 1070. The number of aromatic nitrogens is 4. The summed E-state index contributed by atoms with van der Waals surface area (Å²) in [5.41, 5.74) is 2.89. The Morgan fingerprint density at radius 3 is 2.66 bits per heavy atom. The highest BCUT2D eigenvalue weighted by atomic mass is 32.2. The molecule has 1 aliphatic carbocycles. The fourth-order valence-electron chi connectivity index (χ4n) is 4.36. The van der Waals surface area contributed by atoms with Gasteiger partial charge in [-0.25, -0.2) is 15.0 Å². The molecule has 3 aromatic heterocycles. The molecule has 1 aliphatic heterocycles. The molecule has 0 saturated heterocycles. The maximum absolute atomic E-state index is 5.29. The van der Waals surface area contributed by atoms with E-state index in [0.29, 0.717) is 18.0 Å². The molecule has 5 rings (SSSR count). The highest BCUT2D eigenvalue weighted by Gasteiger charge is 2.21. The Morgan fingerprint density at radius 1 is 1.03 bits per heavy atom. The summed E-state index contributed by atoms with van der Waals surface area (Å²) in [6.45, 7) is 2.44. The molecule has 9 heteroatoms. The summed E-state index contributed by atoms with van der Waals surface area (Å²) in [7, 11) is 1.64. The fraction of sp³-hybridized carbons (Fsp3) is 0.478. The number of fused-ring (bicyclic) bond motifs is 2. The highest BCUT2D eigenvalue weighted by molar-refractivity contribution is 7.99. The van der Waals surface area contributed by atoms with Gasteiger partial charge >= 0.3 is 0 Å². The minimum absolute atomic E-state index is 0.500. The van der Waals surface area contributed by atoms with Gasteiger partial charge in [-0.05, 0) is 37.8 Å². The van der Waals surface area contributed by atoms with Gasteiger partial charge in [0, 0.05) is 55.1 Å². The van der Waals surface area contributed by atoms with Gasteiger partial charge in [-0.1, -0.05) is 0 Å². The van der Waals surface area contributed by atoms with Crippen molar-refractivity contribution in [3.05, 3.63) is 42.0 Å². The van der Waals surface area contributed by atoms with E-state index < -0.39 is 0 Å². The summed E-state index contributed by atoms with van der Waals surface area (Å²) in [5.74, 6) is 2.61. The number of pyridine rings is 2. The number of methoxy groups -OCH3 is 1. The minimum Gasteiger partial charge on any atom is -0.481 e. The lowest BCUT2D eigenvalue weighted by Gasteiger charge is -2.30. The van der Waals surface area contributed by atoms with Crippen molar-refractivity contribution < 1.29 is 4.74 Å². The van der Waals surface area contributed by atoms with Crippen molar-refractivity contribution in [1.29, 1.82) is 0 Å². The molecular weight excluding hydrogens is 422 g/mol. The van der Waals surface area contributed by atoms with Gasteiger partial charge in [-0.3, -0.25) is 4.98 Å². The molecule has 0 aromatic carbocycles. The molecule has 0 radical (unpaired) electrons. The Balaban J connectivity index is 1.10. The SMILES string of the molecule is COc1ccc2ccnc(CN[C@H]3CC[C@H](NCc4cnc5c(n4)NCCS5)CC3)c2n1. The van der Waals surface area contributed by atoms with Crippen LogP contribution in [0.25, 0.3) is 10.9 Å². The number of ether oxygens (including phenoxy) is 1. The lowest BCUT2D eigenvalue weighted by Crippen LogP contribution is -2.39. The first-order valence-electron chi connectivity index (χ1n) is 11.3. The molecular formula is C23H29N7OS. The van der Waals surface area contributed by atoms with Crippen molar-refractivity contribution in [2.45, 2.75) is 55.9 Å². The summed E-state index contributed by atoms with van der Waals surface area (Å²) < 4.78 is 5.29. The predicted molar refractivity (Wildman–Crippen MR) is 127 cm³/mol. The Hall–Kier alpha value is -2.49. The van der Waals surface area contributed by atoms with Crippen LogP contribution in [-0.4, -0.2) is 51.4 Å². The molecule has 0 bridgehead atoms. The van der Waals surface area contributed by atoms with Gasteiger partial charge in [0.05, 0.1) is 30.2 Å². The van der Waals surface area contributed by atoms with Crippen molar-refractivity contribution >= 4 is 28.5 Å². The van der Waals surface area contributed by atoms with Crippen LogP contribution in [0.3, 0.4) is 0 Å². The van der Waals surface area contributed by atoms with Gasteiger partial charge in [0.2, 0.25) is 5.88 Å². The van der Waals surface area contributed by atoms with Crippen LogP contribution >= 0.6 is 11.8 Å². The van der Waals surface area contributed by atoms with Crippen molar-refractivity contribution in [1.82, 2.24) is 30.6 Å². The van der Waals surface area contributed by atoms with Crippen LogP contribution in [0.1, 0.15) is 37.1 Å². The van der Waals surface area contributed by atoms with Gasteiger partial charge in [0.15, 0.2) is 5.82 Å². The van der Waals surface area contributed by atoms with Gasteiger partial charge in [0.25, 0.3) is 0 Å². The molecule has 168 valence electrons. The summed E-state index contributed by atoms with van der Waals surface area (Å²) in [4.78, 5) is 18.4. The molecule has 0 atom stereocenters. The number of hydrogen-bond donors (Lipinski definition) is 3. The molecule has 4 heterocycles. The number of rotatable bonds is 7. The molecule has 3 N–H and O–H groups in total. The monoisotopic (exact) mass is 451 g/mol. The van der Waals surface area contributed by atoms with E-state index in [1.165, 1.54) is 0 Å². The Labute approximate surface area is 192 Å². The van der Waals surface area contributed by atoms with E-state index in [0.717, 1.165) is 84.2 Å². The molecule has 0 unspecified atom stereocenters. The van der Waals surface area contributed by atoms with Crippen LogP contribution in [0.15, 0.2) is 35.6 Å². The van der Waals surface area contributed by atoms with Crippen LogP contribution in [0.4, 0.5) is 5.82 Å². The normalized spacial score (nSPS) is 20.5. The first-order valence-corrected chi connectivity index (χ1v) is 12.2. The van der Waals surface area contributed by atoms with Crippen LogP contribution in [0, 0.1) is 0 Å². The van der Waals surface area contributed by atoms with Crippen LogP contribution in [-0.2, 0) is 13.1 Å². The van der Waals surface area contributed by atoms with Gasteiger partial charge in [-0.15, -0.1) is 11.8 Å². The van der Waals surface area contributed by atoms with Crippen LogP contribution in [0.5, 0.6) is 5.88 Å². The highest BCUT2D eigenvalue weighted by Crippen LogP contribution is 2.27. The molecule has 8 nitrogen and oxygen atoms in total. The average molecular weight is 452 g/mol. The van der Waals surface area contributed by atoms with Gasteiger partial charge in [-0.2, -0.15) is 0 Å². The molecule has 1 saturated carbocycles. The topological polar surface area (TPSA) is 96.9 Å². The van der Waals surface area contributed by atoms with E-state index >= 15 is 0 Å². The van der Waals surface area contributed by atoms with E-state index in [9.17, 15) is 0 Å². The first-order chi connectivity index (χ1) is 15.8. The van der Waals surface area contributed by atoms with Crippen molar-refractivity contribution in [2.24, 2.45) is 0 Å². The quantitative estimate of drug-likeness (QED) is 0.500. The van der Waals surface area contributed by atoms with Crippen LogP contribution < -0.4 is 20.7 Å². The zero-order valence-electron chi connectivity index (χ0n) is 18.3. The first kappa shape index (κ1) is 21.4. The lowest BCUT2D eigenvalue weighted by atomic mass is 9.91. The molecule has 1 fully saturated rings. The third-order valence-corrected chi connectivity index (χ3v) is 7.13. The molecule has 32 heavy (non-hydrogen) atoms. The Kier molecular flexibility index (Phi) is 6.66. The zero-order valence-corrected chi connectivity index (χ0v) is 19.1. The number of thioether (sulfide) groups is 1. The standard InChI is InChI=1S/C23H29N7OS/c1-31-20-7-2-15-8-9-24-19(21(15)30-20)14-27-17-5-3-16(4-6-17)26-12-18-13-28-23-22(29-18)25-10-11-32-23/h2,7-9,13,16-17,26-27H,3-6,10-12,14H2,1H3,(H,25,29)/t16-,17-. The number of nitrogens with one attached hydrogen (secondary N) is 3. The molecule has 3 aromatic rings. The molecule has 2 aliphatic rings.